The number of alkyl halides is 2. The highest BCUT2D eigenvalue weighted by atomic mass is 19.3. The molecule has 4 aromatic rings. The fourth-order valence-electron chi connectivity index (χ4n) is 3.85. The van der Waals surface area contributed by atoms with Crippen molar-refractivity contribution in [3.63, 3.8) is 0 Å². The quantitative estimate of drug-likeness (QED) is 0.358. The van der Waals surface area contributed by atoms with Gasteiger partial charge in [0.05, 0.1) is 31.6 Å². The molecular formula is C23H23F3N8O2. The van der Waals surface area contributed by atoms with E-state index in [4.69, 9.17) is 4.74 Å². The number of halogens is 3. The van der Waals surface area contributed by atoms with Gasteiger partial charge in [0.2, 0.25) is 11.7 Å². The Kier molecular flexibility index (Phi) is 6.33. The molecule has 3 aromatic heterocycles. The van der Waals surface area contributed by atoms with E-state index in [0.29, 0.717) is 43.3 Å². The predicted octanol–water partition coefficient (Wildman–Crippen LogP) is 3.05. The van der Waals surface area contributed by atoms with Crippen molar-refractivity contribution >= 4 is 28.7 Å². The Labute approximate surface area is 203 Å². The number of aryl methyl sites for hydroxylation is 1. The van der Waals surface area contributed by atoms with E-state index < -0.39 is 23.1 Å². The average Bonchev–Trinajstić information content (AvgIpc) is 3.45. The van der Waals surface area contributed by atoms with Gasteiger partial charge in [0.25, 0.3) is 0 Å². The third kappa shape index (κ3) is 5.02. The van der Waals surface area contributed by atoms with E-state index in [9.17, 15) is 9.18 Å². The fraction of sp³-hybridized carbons (Fsp3) is 0.304. The number of anilines is 3. The molecule has 0 aliphatic carbocycles. The predicted molar refractivity (Wildman–Crippen MR) is 125 cm³/mol. The second-order valence-corrected chi connectivity index (χ2v) is 8.42. The summed E-state index contributed by atoms with van der Waals surface area (Å²) in [4.78, 5) is 18.6. The first-order chi connectivity index (χ1) is 17.3. The molecule has 0 bridgehead atoms. The molecule has 10 nitrogen and oxygen atoms in total. The molecule has 1 aliphatic heterocycles. The van der Waals surface area contributed by atoms with E-state index in [1.165, 1.54) is 10.7 Å². The van der Waals surface area contributed by atoms with Crippen LogP contribution in [0.4, 0.5) is 30.5 Å². The minimum Gasteiger partial charge on any atom is -0.379 e. The number of ether oxygens (including phenoxy) is 1. The maximum Gasteiger partial charge on any atom is 0.333 e. The highest BCUT2D eigenvalue weighted by Gasteiger charge is 2.39. The highest BCUT2D eigenvalue weighted by molar-refractivity contribution is 5.93. The number of carbonyl (C=O) groups is 1. The number of hydrogen-bond donors (Lipinski definition) is 3. The molecule has 188 valence electrons. The third-order valence-corrected chi connectivity index (χ3v) is 5.66. The summed E-state index contributed by atoms with van der Waals surface area (Å²) >= 11 is 0. The van der Waals surface area contributed by atoms with Gasteiger partial charge in [-0.2, -0.15) is 13.9 Å². The Morgan fingerprint density at radius 1 is 1.19 bits per heavy atom. The summed E-state index contributed by atoms with van der Waals surface area (Å²) < 4.78 is 50.5. The van der Waals surface area contributed by atoms with Crippen molar-refractivity contribution in [1.29, 1.82) is 0 Å². The monoisotopic (exact) mass is 500 g/mol. The molecular weight excluding hydrogens is 477 g/mol. The van der Waals surface area contributed by atoms with Crippen molar-refractivity contribution in [2.45, 2.75) is 12.8 Å². The summed E-state index contributed by atoms with van der Waals surface area (Å²) in [7, 11) is 0. The van der Waals surface area contributed by atoms with Gasteiger partial charge in [0.15, 0.2) is 11.6 Å². The number of aromatic nitrogens is 5. The summed E-state index contributed by atoms with van der Waals surface area (Å²) in [5.74, 6) is -4.90. The fourth-order valence-corrected chi connectivity index (χ4v) is 3.85. The van der Waals surface area contributed by atoms with Crippen LogP contribution in [-0.2, 0) is 15.5 Å². The van der Waals surface area contributed by atoms with Gasteiger partial charge < -0.3 is 15.4 Å². The molecule has 1 fully saturated rings. The smallest absolute Gasteiger partial charge is 0.333 e. The largest absolute Gasteiger partial charge is 0.379 e. The van der Waals surface area contributed by atoms with E-state index in [1.54, 1.807) is 19.1 Å². The van der Waals surface area contributed by atoms with Crippen molar-refractivity contribution in [2.75, 3.05) is 43.5 Å². The topological polar surface area (TPSA) is 112 Å². The van der Waals surface area contributed by atoms with Crippen LogP contribution in [0.15, 0.2) is 42.6 Å². The number of morpholine rings is 1. The molecule has 5 rings (SSSR count). The van der Waals surface area contributed by atoms with Crippen LogP contribution in [0.25, 0.3) is 5.52 Å². The van der Waals surface area contributed by atoms with Gasteiger partial charge in [-0.05, 0) is 37.3 Å². The molecule has 1 aromatic carbocycles. The number of benzene rings is 1. The van der Waals surface area contributed by atoms with Gasteiger partial charge in [0, 0.05) is 30.4 Å². The van der Waals surface area contributed by atoms with Gasteiger partial charge in [-0.25, -0.2) is 13.9 Å². The lowest BCUT2D eigenvalue weighted by Crippen LogP contribution is -2.41. The lowest BCUT2D eigenvalue weighted by Gasteiger charge is -2.25. The van der Waals surface area contributed by atoms with Crippen molar-refractivity contribution < 1.29 is 22.7 Å². The van der Waals surface area contributed by atoms with Crippen molar-refractivity contribution in [3.8, 4) is 0 Å². The van der Waals surface area contributed by atoms with Crippen LogP contribution in [0, 0.1) is 12.7 Å². The molecule has 4 heterocycles. The normalized spacial score (nSPS) is 14.8. The molecule has 0 unspecified atom stereocenters. The minimum absolute atomic E-state index is 0.0574. The van der Waals surface area contributed by atoms with Gasteiger partial charge in [-0.1, -0.05) is 0 Å². The second kappa shape index (κ2) is 9.59. The summed E-state index contributed by atoms with van der Waals surface area (Å²) in [5, 5.41) is 16.6. The molecule has 13 heteroatoms. The molecule has 0 radical (unpaired) electrons. The van der Waals surface area contributed by atoms with Crippen molar-refractivity contribution in [3.05, 3.63) is 65.5 Å². The van der Waals surface area contributed by atoms with Gasteiger partial charge in [-0.3, -0.25) is 14.8 Å². The highest BCUT2D eigenvalue weighted by Crippen LogP contribution is 2.35. The molecule has 0 saturated carbocycles. The number of carbonyl (C=O) groups excluding carboxylic acids is 1. The lowest BCUT2D eigenvalue weighted by molar-refractivity contribution is -0.118. The summed E-state index contributed by atoms with van der Waals surface area (Å²) in [6, 6.07) is 7.14. The first kappa shape index (κ1) is 23.8. The van der Waals surface area contributed by atoms with Crippen molar-refractivity contribution in [2.24, 2.45) is 0 Å². The van der Waals surface area contributed by atoms with Crippen LogP contribution >= 0.6 is 0 Å². The molecule has 1 saturated heterocycles. The summed E-state index contributed by atoms with van der Waals surface area (Å²) in [6.45, 7) is 4.39. The van der Waals surface area contributed by atoms with Crippen LogP contribution < -0.4 is 10.6 Å². The molecule has 36 heavy (non-hydrogen) atoms. The Morgan fingerprint density at radius 3 is 2.64 bits per heavy atom. The maximum absolute atomic E-state index is 15.4. The van der Waals surface area contributed by atoms with E-state index in [0.717, 1.165) is 30.0 Å². The van der Waals surface area contributed by atoms with E-state index in [1.807, 2.05) is 4.90 Å². The number of H-pyrrole nitrogens is 1. The van der Waals surface area contributed by atoms with E-state index >= 15 is 8.78 Å². The molecule has 0 spiro atoms. The van der Waals surface area contributed by atoms with E-state index in [-0.39, 0.29) is 18.3 Å². The maximum atomic E-state index is 15.4. The average molecular weight is 500 g/mol. The van der Waals surface area contributed by atoms with Gasteiger partial charge >= 0.3 is 5.92 Å². The molecule has 3 N–H and O–H groups in total. The van der Waals surface area contributed by atoms with Crippen LogP contribution in [0.2, 0.25) is 0 Å². The number of nitrogens with zero attached hydrogens (tertiary/aromatic N) is 5. The zero-order valence-electron chi connectivity index (χ0n) is 19.3. The first-order valence-electron chi connectivity index (χ1n) is 11.2. The van der Waals surface area contributed by atoms with E-state index in [2.05, 4.69) is 30.9 Å². The Balaban J connectivity index is 1.49. The van der Waals surface area contributed by atoms with Crippen LogP contribution in [0.1, 0.15) is 17.1 Å². The summed E-state index contributed by atoms with van der Waals surface area (Å²) in [5.41, 5.74) is 1.00. The Hall–Kier alpha value is -3.97. The SMILES string of the molecule is Cc1cc(Nc2nc(C(F)(F)c3ccc(F)cc3)nn3cc(NC(=O)CN4CCOCC4)cc23)n[nH]1. The minimum atomic E-state index is -3.62. The summed E-state index contributed by atoms with van der Waals surface area (Å²) in [6.07, 6.45) is 1.43. The number of hydrogen-bond acceptors (Lipinski definition) is 7. The van der Waals surface area contributed by atoms with Crippen LogP contribution in [-0.4, -0.2) is 68.5 Å². The number of nitrogens with one attached hydrogen (secondary N) is 3. The van der Waals surface area contributed by atoms with Crippen LogP contribution in [0.3, 0.4) is 0 Å². The van der Waals surface area contributed by atoms with Crippen LogP contribution in [0.5, 0.6) is 0 Å². The number of fused-ring (bicyclic) bond motifs is 1. The Morgan fingerprint density at radius 2 is 1.94 bits per heavy atom. The second-order valence-electron chi connectivity index (χ2n) is 8.42. The first-order valence-corrected chi connectivity index (χ1v) is 11.2. The van der Waals surface area contributed by atoms with Crippen molar-refractivity contribution in [1.82, 2.24) is 29.7 Å². The molecule has 0 atom stereocenters. The zero-order valence-corrected chi connectivity index (χ0v) is 19.3. The standard InChI is InChI=1S/C23H23F3N8O2/c1-14-10-19(31-30-14)28-21-18-11-17(27-20(35)13-33-6-8-36-9-7-33)12-34(18)32-22(29-21)23(25,26)15-2-4-16(24)5-3-15/h2-5,10-12H,6-9,13H2,1H3,(H,27,35)(H2,28,29,30,31,32). The zero-order chi connectivity index (χ0) is 25.3. The molecule has 1 amide bonds. The van der Waals surface area contributed by atoms with Gasteiger partial charge in [0.1, 0.15) is 11.3 Å². The Bertz CT molecular complexity index is 1380. The number of aromatic amines is 1. The lowest BCUT2D eigenvalue weighted by atomic mass is 10.1. The number of amides is 1. The number of rotatable bonds is 7. The third-order valence-electron chi connectivity index (χ3n) is 5.66. The van der Waals surface area contributed by atoms with Gasteiger partial charge in [-0.15, -0.1) is 5.10 Å². The molecule has 1 aliphatic rings.